The normalized spacial score (nSPS) is 11.4. The minimum absolute atomic E-state index is 0. The number of aromatic hydroxyl groups is 6. The second-order valence-electron chi connectivity index (χ2n) is 36.8. The van der Waals surface area contributed by atoms with Gasteiger partial charge in [-0.25, -0.2) is 0 Å². The fourth-order valence-corrected chi connectivity index (χ4v) is 26.6. The first kappa shape index (κ1) is 93.8. The van der Waals surface area contributed by atoms with Gasteiger partial charge in [0.05, 0.1) is 0 Å². The van der Waals surface area contributed by atoms with Gasteiger partial charge in [0.25, 0.3) is 0 Å². The molecule has 0 heterocycles. The van der Waals surface area contributed by atoms with Gasteiger partial charge in [0.15, 0.2) is 48.4 Å². The molecule has 0 aliphatic heterocycles. The standard InChI is InChI=1S/3C40H34O2Si2.La/c3*1-43(2,33-11-7-5-8-12-33)25-23-29-15-19-35-31(27-29)17-21-37(41)39(35)40-36-20-16-30(28-32(36)18-22-38(40)42)24-26-44(3,4)34-13-9-6-10-14-34;/h3*5-22,27-28,41-42H,1-4H3;. The molecule has 18 aromatic carbocycles. The van der Waals surface area contributed by atoms with E-state index in [1.165, 1.54) is 31.1 Å². The molecule has 0 unspecified atom stereocenters. The topological polar surface area (TPSA) is 121 Å². The van der Waals surface area contributed by atoms with Crippen LogP contribution in [0.1, 0.15) is 33.4 Å². The molecule has 1 radical (unpaired) electrons. The Labute approximate surface area is 815 Å². The third-order valence-electron chi connectivity index (χ3n) is 24.8. The number of benzene rings is 18. The van der Waals surface area contributed by atoms with Crippen molar-refractivity contribution < 1.29 is 66.2 Å². The van der Waals surface area contributed by atoms with Crippen LogP contribution in [-0.4, -0.2) is 79.1 Å². The van der Waals surface area contributed by atoms with E-state index in [-0.39, 0.29) is 70.1 Å². The Kier molecular flexibility index (Phi) is 28.0. The van der Waals surface area contributed by atoms with Gasteiger partial charge in [0.2, 0.25) is 0 Å². The third kappa shape index (κ3) is 21.2. The van der Waals surface area contributed by atoms with Crippen molar-refractivity contribution in [2.24, 2.45) is 0 Å². The monoisotopic (exact) mass is 1950 g/mol. The SMILES string of the molecule is C[Si](C)(C#Cc1ccc2c(-c3c(O)ccc4cc(C#C[Si](C)(C)c5ccccc5)ccc34)c(O)ccc2c1)c1ccccc1.C[Si](C)(C#Cc1ccc2c(-c3c(O)ccc4cc(C#C[Si](C)(C)c5ccccc5)ccc34)c(O)ccc2c1)c1ccccc1.C[Si](C)(C#Cc1ccc2c(-c3c(O)ccc4cc(C#C[Si](C)(C)c5ccccc5)ccc34)c(O)ccc2c1)c1ccccc1.[La]. The first-order chi connectivity index (χ1) is 63.4. The molecule has 0 amide bonds. The summed E-state index contributed by atoms with van der Waals surface area (Å²) in [6, 6.07) is 121. The van der Waals surface area contributed by atoms with E-state index < -0.39 is 48.4 Å². The fraction of sp³-hybridized carbons (Fsp3) is 0.100. The van der Waals surface area contributed by atoms with Crippen molar-refractivity contribution in [3.63, 3.8) is 0 Å². The van der Waals surface area contributed by atoms with E-state index in [0.29, 0.717) is 33.4 Å². The number of hydrogen-bond donors (Lipinski definition) is 6. The van der Waals surface area contributed by atoms with E-state index in [9.17, 15) is 30.6 Å². The van der Waals surface area contributed by atoms with Gasteiger partial charge in [-0.05, 0) is 205 Å². The minimum atomic E-state index is -1.92. The average Bonchev–Trinajstić information content (AvgIpc) is 0.758. The maximum Gasteiger partial charge on any atom is 0.163 e. The molecule has 18 aromatic rings. The molecule has 0 atom stereocenters. The maximum absolute atomic E-state index is 11.1. The number of hydrogen-bond acceptors (Lipinski definition) is 6. The predicted molar refractivity (Wildman–Crippen MR) is 573 cm³/mol. The summed E-state index contributed by atoms with van der Waals surface area (Å²) in [6.07, 6.45) is 0. The van der Waals surface area contributed by atoms with Crippen molar-refractivity contribution in [2.45, 2.75) is 78.6 Å². The predicted octanol–water partition coefficient (Wildman–Crippen LogP) is 24.3. The van der Waals surface area contributed by atoms with Crippen molar-refractivity contribution >= 4 is 144 Å². The minimum Gasteiger partial charge on any atom is -0.507 e. The van der Waals surface area contributed by atoms with E-state index in [4.69, 9.17) is 0 Å². The molecule has 645 valence electrons. The first-order valence-electron chi connectivity index (χ1n) is 44.4. The number of fused-ring (bicyclic) bond motifs is 6. The third-order valence-corrected chi connectivity index (χ3v) is 40.0. The van der Waals surface area contributed by atoms with Crippen molar-refractivity contribution in [1.82, 2.24) is 0 Å². The Bertz CT molecular complexity index is 6710. The van der Waals surface area contributed by atoms with E-state index >= 15 is 0 Å². The first-order valence-corrected chi connectivity index (χ1v) is 62.4. The van der Waals surface area contributed by atoms with Gasteiger partial charge in [-0.1, -0.05) is 369 Å². The van der Waals surface area contributed by atoms with Crippen LogP contribution in [0.2, 0.25) is 78.6 Å². The van der Waals surface area contributed by atoms with Gasteiger partial charge in [0.1, 0.15) is 34.5 Å². The van der Waals surface area contributed by atoms with E-state index in [1.807, 2.05) is 146 Å². The fourth-order valence-electron chi connectivity index (χ4n) is 16.9. The molecular weight excluding hydrogens is 1840 g/mol. The Hall–Kier alpha value is -13.8. The number of phenols is 6. The summed E-state index contributed by atoms with van der Waals surface area (Å²) in [4.78, 5) is 0. The average molecular weight is 1950 g/mol. The van der Waals surface area contributed by atoms with E-state index in [0.717, 1.165) is 98.0 Å². The van der Waals surface area contributed by atoms with E-state index in [2.05, 4.69) is 329 Å². The Morgan fingerprint density at radius 3 is 0.414 bits per heavy atom. The molecule has 18 rings (SSSR count). The van der Waals surface area contributed by atoms with Crippen molar-refractivity contribution in [1.29, 1.82) is 0 Å². The van der Waals surface area contributed by atoms with Crippen LogP contribution in [-0.2, 0) is 0 Å². The summed E-state index contributed by atoms with van der Waals surface area (Å²) in [5.41, 5.74) is 30.7. The van der Waals surface area contributed by atoms with Gasteiger partial charge in [-0.3, -0.25) is 0 Å². The van der Waals surface area contributed by atoms with Crippen LogP contribution in [0.25, 0.3) is 98.0 Å². The second-order valence-corrected chi connectivity index (χ2v) is 61.3. The summed E-state index contributed by atoms with van der Waals surface area (Å²) in [7, 11) is -11.5. The summed E-state index contributed by atoms with van der Waals surface area (Å²) >= 11 is 0. The second kappa shape index (κ2) is 39.7. The van der Waals surface area contributed by atoms with Gasteiger partial charge in [-0.15, -0.1) is 33.3 Å². The smallest absolute Gasteiger partial charge is 0.163 e. The molecule has 6 N–H and O–H groups in total. The number of phenolic OH excluding ortho intramolecular Hbond substituents is 6. The van der Waals surface area contributed by atoms with Crippen LogP contribution < -0.4 is 31.1 Å². The molecular formula is C120H102LaO6Si6. The zero-order chi connectivity index (χ0) is 92.7. The Balaban J connectivity index is 0.000000152. The zero-order valence-corrected chi connectivity index (χ0v) is 86.5. The largest absolute Gasteiger partial charge is 0.507 e. The summed E-state index contributed by atoms with van der Waals surface area (Å²) < 4.78 is 0. The summed E-state index contributed by atoms with van der Waals surface area (Å²) in [6.45, 7) is 27.2. The quantitative estimate of drug-likeness (QED) is 0.0633. The molecule has 0 saturated heterocycles. The molecule has 0 fully saturated rings. The molecule has 0 spiro atoms. The Morgan fingerprint density at radius 2 is 0.286 bits per heavy atom. The molecule has 13 heteroatoms. The Morgan fingerprint density at radius 1 is 0.158 bits per heavy atom. The molecule has 0 saturated carbocycles. The van der Waals surface area contributed by atoms with Crippen LogP contribution in [0.3, 0.4) is 0 Å². The van der Waals surface area contributed by atoms with Crippen LogP contribution in [0.5, 0.6) is 34.5 Å². The molecule has 0 aliphatic carbocycles. The van der Waals surface area contributed by atoms with Crippen LogP contribution >= 0.6 is 0 Å². The van der Waals surface area contributed by atoms with Crippen LogP contribution in [0, 0.1) is 104 Å². The summed E-state index contributed by atoms with van der Waals surface area (Å²) in [5, 5.41) is 85.5. The van der Waals surface area contributed by atoms with Gasteiger partial charge in [0, 0.05) is 102 Å². The van der Waals surface area contributed by atoms with Gasteiger partial charge in [-0.2, -0.15) is 0 Å². The zero-order valence-electron chi connectivity index (χ0n) is 76.9. The maximum atomic E-state index is 11.1. The van der Waals surface area contributed by atoms with Gasteiger partial charge < -0.3 is 30.6 Å². The van der Waals surface area contributed by atoms with Crippen molar-refractivity contribution in [3.8, 4) is 137 Å². The molecule has 6 nitrogen and oxygen atoms in total. The molecule has 0 aromatic heterocycles. The van der Waals surface area contributed by atoms with Crippen LogP contribution in [0.4, 0.5) is 0 Å². The molecule has 133 heavy (non-hydrogen) atoms. The van der Waals surface area contributed by atoms with Gasteiger partial charge >= 0.3 is 0 Å². The van der Waals surface area contributed by atoms with Crippen LogP contribution in [0.15, 0.2) is 364 Å². The van der Waals surface area contributed by atoms with Crippen molar-refractivity contribution in [2.75, 3.05) is 0 Å². The van der Waals surface area contributed by atoms with Crippen molar-refractivity contribution in [3.05, 3.63) is 397 Å². The molecule has 0 bridgehead atoms. The summed E-state index contributed by atoms with van der Waals surface area (Å²) in [5.74, 6) is 21.2. The number of rotatable bonds is 9. The molecule has 0 aliphatic rings. The van der Waals surface area contributed by atoms with E-state index in [1.54, 1.807) is 36.4 Å².